The fourth-order valence-electron chi connectivity index (χ4n) is 2.50. The lowest BCUT2D eigenvalue weighted by molar-refractivity contribution is 0.106. The van der Waals surface area contributed by atoms with Crippen molar-refractivity contribution in [2.75, 3.05) is 26.7 Å². The second kappa shape index (κ2) is 4.43. The quantitative estimate of drug-likeness (QED) is 0.611. The van der Waals surface area contributed by atoms with Crippen molar-refractivity contribution in [1.29, 1.82) is 0 Å². The summed E-state index contributed by atoms with van der Waals surface area (Å²) >= 11 is 0. The van der Waals surface area contributed by atoms with E-state index in [9.17, 15) is 0 Å². The summed E-state index contributed by atoms with van der Waals surface area (Å²) in [5, 5.41) is 0. The molecule has 0 saturated carbocycles. The van der Waals surface area contributed by atoms with Crippen LogP contribution in [0.2, 0.25) is 0 Å². The minimum atomic E-state index is 1.27. The summed E-state index contributed by atoms with van der Waals surface area (Å²) in [7, 11) is 2.25. The lowest BCUT2D eigenvalue weighted by Gasteiger charge is -2.41. The van der Waals surface area contributed by atoms with Gasteiger partial charge in [0.15, 0.2) is 0 Å². The first kappa shape index (κ1) is 9.47. The minimum absolute atomic E-state index is 1.27. The van der Waals surface area contributed by atoms with Crippen molar-refractivity contribution in [3.05, 3.63) is 6.17 Å². The Balaban J connectivity index is 1.88. The fourth-order valence-corrected chi connectivity index (χ4v) is 2.50. The summed E-state index contributed by atoms with van der Waals surface area (Å²) < 4.78 is 0. The van der Waals surface area contributed by atoms with E-state index < -0.39 is 0 Å². The molecule has 0 unspecified atom stereocenters. The zero-order valence-corrected chi connectivity index (χ0v) is 8.76. The van der Waals surface area contributed by atoms with Crippen LogP contribution in [-0.4, -0.2) is 36.5 Å². The van der Waals surface area contributed by atoms with Crippen LogP contribution in [0.4, 0.5) is 0 Å². The van der Waals surface area contributed by atoms with Gasteiger partial charge in [-0.3, -0.25) is 9.80 Å². The van der Waals surface area contributed by atoms with E-state index in [1.807, 2.05) is 0 Å². The number of nitrogens with zero attached hydrogens (tertiary/aromatic N) is 2. The molecule has 2 aliphatic rings. The average Bonchev–Trinajstić information content (AvgIpc) is 2.20. The zero-order chi connectivity index (χ0) is 9.10. The highest BCUT2D eigenvalue weighted by molar-refractivity contribution is 4.92. The van der Waals surface area contributed by atoms with Crippen LogP contribution in [0.5, 0.6) is 0 Å². The van der Waals surface area contributed by atoms with E-state index in [0.717, 1.165) is 0 Å². The van der Waals surface area contributed by atoms with Gasteiger partial charge in [0, 0.05) is 13.1 Å². The molecule has 2 heteroatoms. The Kier molecular flexibility index (Phi) is 3.23. The molecule has 0 N–H and O–H groups in total. The fraction of sp³-hybridized carbons (Fsp3) is 0.909. The van der Waals surface area contributed by atoms with E-state index in [4.69, 9.17) is 0 Å². The maximum Gasteiger partial charge on any atom is 0.106 e. The van der Waals surface area contributed by atoms with E-state index in [2.05, 4.69) is 16.8 Å². The number of piperidine rings is 2. The van der Waals surface area contributed by atoms with E-state index in [-0.39, 0.29) is 0 Å². The second-order valence-corrected chi connectivity index (χ2v) is 4.34. The Morgan fingerprint density at radius 3 is 2.23 bits per heavy atom. The van der Waals surface area contributed by atoms with Gasteiger partial charge in [0.1, 0.15) is 6.17 Å². The standard InChI is InChI=1S/C11H21N2/c1-12-8-6-3-7-11(12)13-9-4-2-5-10-13/h2-10H2,1H3. The summed E-state index contributed by atoms with van der Waals surface area (Å²) in [6, 6.07) is 0. The Morgan fingerprint density at radius 1 is 0.846 bits per heavy atom. The normalized spacial score (nSPS) is 29.3. The summed E-state index contributed by atoms with van der Waals surface area (Å²) in [6.07, 6.45) is 9.95. The van der Waals surface area contributed by atoms with Gasteiger partial charge in [-0.1, -0.05) is 6.42 Å². The van der Waals surface area contributed by atoms with Gasteiger partial charge in [0.05, 0.1) is 0 Å². The number of hydrogen-bond acceptors (Lipinski definition) is 2. The third-order valence-electron chi connectivity index (χ3n) is 3.31. The molecule has 13 heavy (non-hydrogen) atoms. The smallest absolute Gasteiger partial charge is 0.106 e. The van der Waals surface area contributed by atoms with E-state index >= 15 is 0 Å². The summed E-state index contributed by atoms with van der Waals surface area (Å²) in [5.74, 6) is 0. The van der Waals surface area contributed by atoms with Crippen LogP contribution in [0.1, 0.15) is 38.5 Å². The molecule has 0 aromatic carbocycles. The summed E-state index contributed by atoms with van der Waals surface area (Å²) in [6.45, 7) is 3.88. The van der Waals surface area contributed by atoms with Crippen LogP contribution in [0.15, 0.2) is 0 Å². The van der Waals surface area contributed by atoms with E-state index in [0.29, 0.717) is 0 Å². The van der Waals surface area contributed by atoms with Crippen LogP contribution in [0.3, 0.4) is 0 Å². The van der Waals surface area contributed by atoms with E-state index in [1.54, 1.807) is 6.17 Å². The van der Waals surface area contributed by atoms with Gasteiger partial charge in [-0.2, -0.15) is 0 Å². The second-order valence-electron chi connectivity index (χ2n) is 4.34. The first-order valence-electron chi connectivity index (χ1n) is 5.70. The Bertz CT molecular complexity index is 152. The molecule has 1 radical (unpaired) electrons. The van der Waals surface area contributed by atoms with Crippen molar-refractivity contribution < 1.29 is 0 Å². The predicted octanol–water partition coefficient (Wildman–Crippen LogP) is 2.08. The molecule has 0 aromatic rings. The largest absolute Gasteiger partial charge is 0.286 e. The summed E-state index contributed by atoms with van der Waals surface area (Å²) in [4.78, 5) is 5.08. The molecule has 2 saturated heterocycles. The molecule has 0 atom stereocenters. The van der Waals surface area contributed by atoms with Gasteiger partial charge in [-0.15, -0.1) is 0 Å². The maximum absolute atomic E-state index is 2.61. The van der Waals surface area contributed by atoms with Crippen molar-refractivity contribution in [1.82, 2.24) is 9.80 Å². The molecule has 2 aliphatic heterocycles. The van der Waals surface area contributed by atoms with Crippen molar-refractivity contribution in [2.45, 2.75) is 38.5 Å². The molecule has 75 valence electrons. The highest BCUT2D eigenvalue weighted by atomic mass is 15.3. The minimum Gasteiger partial charge on any atom is -0.286 e. The first-order valence-corrected chi connectivity index (χ1v) is 5.70. The van der Waals surface area contributed by atoms with Crippen molar-refractivity contribution in [3.8, 4) is 0 Å². The van der Waals surface area contributed by atoms with E-state index in [1.165, 1.54) is 58.2 Å². The maximum atomic E-state index is 2.61. The van der Waals surface area contributed by atoms with Crippen LogP contribution in [-0.2, 0) is 0 Å². The molecule has 0 amide bonds. The molecule has 2 heterocycles. The van der Waals surface area contributed by atoms with Gasteiger partial charge in [-0.25, -0.2) is 0 Å². The third kappa shape index (κ3) is 2.23. The van der Waals surface area contributed by atoms with Crippen LogP contribution in [0.25, 0.3) is 0 Å². The molecule has 0 bridgehead atoms. The third-order valence-corrected chi connectivity index (χ3v) is 3.31. The zero-order valence-electron chi connectivity index (χ0n) is 8.76. The molecule has 0 aromatic heterocycles. The van der Waals surface area contributed by atoms with Crippen molar-refractivity contribution in [2.24, 2.45) is 0 Å². The predicted molar refractivity (Wildman–Crippen MR) is 55.1 cm³/mol. The average molecular weight is 181 g/mol. The Labute approximate surface area is 81.9 Å². The van der Waals surface area contributed by atoms with Crippen molar-refractivity contribution in [3.63, 3.8) is 0 Å². The van der Waals surface area contributed by atoms with Crippen LogP contribution in [0, 0.1) is 6.17 Å². The van der Waals surface area contributed by atoms with Gasteiger partial charge in [-0.05, 0) is 45.7 Å². The lowest BCUT2D eigenvalue weighted by Crippen LogP contribution is -2.44. The van der Waals surface area contributed by atoms with Gasteiger partial charge in [0.25, 0.3) is 0 Å². The van der Waals surface area contributed by atoms with Crippen molar-refractivity contribution >= 4 is 0 Å². The monoisotopic (exact) mass is 181 g/mol. The molecule has 2 rings (SSSR count). The highest BCUT2D eigenvalue weighted by Gasteiger charge is 2.27. The van der Waals surface area contributed by atoms with Crippen LogP contribution < -0.4 is 0 Å². The number of hydrogen-bond donors (Lipinski definition) is 0. The topological polar surface area (TPSA) is 6.48 Å². The molecule has 2 nitrogen and oxygen atoms in total. The molecular formula is C11H21N2. The summed E-state index contributed by atoms with van der Waals surface area (Å²) in [5.41, 5.74) is 0. The number of rotatable bonds is 1. The molecular weight excluding hydrogens is 160 g/mol. The molecule has 0 aliphatic carbocycles. The van der Waals surface area contributed by atoms with Gasteiger partial charge >= 0.3 is 0 Å². The lowest BCUT2D eigenvalue weighted by atomic mass is 10.0. The van der Waals surface area contributed by atoms with Gasteiger partial charge in [0.2, 0.25) is 0 Å². The molecule has 2 fully saturated rings. The Hall–Kier alpha value is -0.0800. The first-order chi connectivity index (χ1) is 6.38. The SMILES string of the molecule is CN1CCCC[C]1N1CCCCC1. The van der Waals surface area contributed by atoms with Gasteiger partial charge < -0.3 is 0 Å². The Morgan fingerprint density at radius 2 is 1.54 bits per heavy atom. The van der Waals surface area contributed by atoms with Crippen LogP contribution >= 0.6 is 0 Å². The number of likely N-dealkylation sites (tertiary alicyclic amines) is 2. The molecule has 0 spiro atoms. The highest BCUT2D eigenvalue weighted by Crippen LogP contribution is 2.27.